The molecular weight excluding hydrogens is 166 g/mol. The SMILES string of the molecule is C=C(CNCC1CC1)C(=O)OCC. The van der Waals surface area contributed by atoms with Crippen molar-refractivity contribution < 1.29 is 9.53 Å². The summed E-state index contributed by atoms with van der Waals surface area (Å²) >= 11 is 0. The van der Waals surface area contributed by atoms with Gasteiger partial charge in [0.25, 0.3) is 0 Å². The number of esters is 1. The summed E-state index contributed by atoms with van der Waals surface area (Å²) in [4.78, 5) is 11.1. The van der Waals surface area contributed by atoms with Gasteiger partial charge < -0.3 is 10.1 Å². The molecule has 0 radical (unpaired) electrons. The molecule has 0 amide bonds. The van der Waals surface area contributed by atoms with Crippen LogP contribution in [0.25, 0.3) is 0 Å². The maximum absolute atomic E-state index is 11.1. The van der Waals surface area contributed by atoms with E-state index in [0.29, 0.717) is 18.7 Å². The molecule has 0 aliphatic heterocycles. The minimum absolute atomic E-state index is 0.286. The first-order chi connectivity index (χ1) is 6.24. The van der Waals surface area contributed by atoms with E-state index in [1.54, 1.807) is 6.92 Å². The quantitative estimate of drug-likeness (QED) is 0.495. The number of hydrogen-bond donors (Lipinski definition) is 1. The molecule has 1 N–H and O–H groups in total. The van der Waals surface area contributed by atoms with Crippen LogP contribution in [-0.2, 0) is 9.53 Å². The lowest BCUT2D eigenvalue weighted by Gasteiger charge is -2.05. The fourth-order valence-corrected chi connectivity index (χ4v) is 1.05. The van der Waals surface area contributed by atoms with Crippen molar-refractivity contribution in [3.63, 3.8) is 0 Å². The van der Waals surface area contributed by atoms with Crippen LogP contribution in [0.5, 0.6) is 0 Å². The molecule has 0 aromatic carbocycles. The third-order valence-electron chi connectivity index (χ3n) is 2.03. The minimum Gasteiger partial charge on any atom is -0.463 e. The zero-order valence-corrected chi connectivity index (χ0v) is 8.14. The predicted octanol–water partition coefficient (Wildman–Crippen LogP) is 1.11. The third kappa shape index (κ3) is 4.08. The molecule has 0 aromatic heterocycles. The van der Waals surface area contributed by atoms with Crippen LogP contribution in [0.4, 0.5) is 0 Å². The van der Waals surface area contributed by atoms with Gasteiger partial charge in [-0.25, -0.2) is 4.79 Å². The summed E-state index contributed by atoms with van der Waals surface area (Å²) < 4.78 is 4.80. The van der Waals surface area contributed by atoms with Gasteiger partial charge in [0.2, 0.25) is 0 Å². The highest BCUT2D eigenvalue weighted by Gasteiger charge is 2.20. The van der Waals surface area contributed by atoms with E-state index in [9.17, 15) is 4.79 Å². The van der Waals surface area contributed by atoms with E-state index in [2.05, 4.69) is 11.9 Å². The lowest BCUT2D eigenvalue weighted by molar-refractivity contribution is -0.138. The average Bonchev–Trinajstić information content (AvgIpc) is 2.88. The zero-order chi connectivity index (χ0) is 9.68. The first-order valence-corrected chi connectivity index (χ1v) is 4.79. The van der Waals surface area contributed by atoms with Gasteiger partial charge in [0, 0.05) is 12.1 Å². The topological polar surface area (TPSA) is 38.3 Å². The molecule has 1 aliphatic rings. The van der Waals surface area contributed by atoms with Crippen molar-refractivity contribution >= 4 is 5.97 Å². The van der Waals surface area contributed by atoms with Crippen molar-refractivity contribution in [1.29, 1.82) is 0 Å². The first-order valence-electron chi connectivity index (χ1n) is 4.79. The van der Waals surface area contributed by atoms with Crippen molar-refractivity contribution in [3.05, 3.63) is 12.2 Å². The second kappa shape index (κ2) is 5.02. The summed E-state index contributed by atoms with van der Waals surface area (Å²) in [6, 6.07) is 0. The summed E-state index contributed by atoms with van der Waals surface area (Å²) in [5.41, 5.74) is 0.516. The van der Waals surface area contributed by atoms with E-state index < -0.39 is 0 Å². The molecule has 0 aromatic rings. The van der Waals surface area contributed by atoms with E-state index in [4.69, 9.17) is 4.74 Å². The Morgan fingerprint density at radius 1 is 1.62 bits per heavy atom. The molecule has 0 bridgehead atoms. The molecule has 0 atom stereocenters. The highest BCUT2D eigenvalue weighted by Crippen LogP contribution is 2.27. The first kappa shape index (κ1) is 10.3. The van der Waals surface area contributed by atoms with Crippen molar-refractivity contribution in [1.82, 2.24) is 5.32 Å². The molecule has 0 saturated heterocycles. The molecule has 3 heteroatoms. The second-order valence-electron chi connectivity index (χ2n) is 3.40. The van der Waals surface area contributed by atoms with Gasteiger partial charge in [-0.3, -0.25) is 0 Å². The molecule has 0 spiro atoms. The third-order valence-corrected chi connectivity index (χ3v) is 2.03. The second-order valence-corrected chi connectivity index (χ2v) is 3.40. The minimum atomic E-state index is -0.286. The van der Waals surface area contributed by atoms with E-state index in [0.717, 1.165) is 12.5 Å². The lowest BCUT2D eigenvalue weighted by Crippen LogP contribution is -2.23. The summed E-state index contributed by atoms with van der Waals surface area (Å²) in [5.74, 6) is 0.542. The largest absolute Gasteiger partial charge is 0.463 e. The Hall–Kier alpha value is -0.830. The lowest BCUT2D eigenvalue weighted by atomic mass is 10.3. The van der Waals surface area contributed by atoms with Gasteiger partial charge in [-0.05, 0) is 32.2 Å². The van der Waals surface area contributed by atoms with Crippen molar-refractivity contribution in [2.45, 2.75) is 19.8 Å². The Bertz CT molecular complexity index is 197. The Morgan fingerprint density at radius 3 is 2.85 bits per heavy atom. The highest BCUT2D eigenvalue weighted by molar-refractivity contribution is 5.88. The fourth-order valence-electron chi connectivity index (χ4n) is 1.05. The summed E-state index contributed by atoms with van der Waals surface area (Å²) in [7, 11) is 0. The molecule has 0 unspecified atom stereocenters. The zero-order valence-electron chi connectivity index (χ0n) is 8.14. The van der Waals surface area contributed by atoms with Gasteiger partial charge in [-0.2, -0.15) is 0 Å². The monoisotopic (exact) mass is 183 g/mol. The smallest absolute Gasteiger partial charge is 0.334 e. The Morgan fingerprint density at radius 2 is 2.31 bits per heavy atom. The van der Waals surface area contributed by atoms with Crippen LogP contribution in [0.3, 0.4) is 0 Å². The maximum Gasteiger partial charge on any atom is 0.334 e. The number of carbonyl (C=O) groups is 1. The Kier molecular flexibility index (Phi) is 3.96. The summed E-state index contributed by atoms with van der Waals surface area (Å²) in [5, 5.41) is 3.19. The number of nitrogens with one attached hydrogen (secondary N) is 1. The van der Waals surface area contributed by atoms with Gasteiger partial charge in [-0.1, -0.05) is 6.58 Å². The molecule has 1 rings (SSSR count). The number of ether oxygens (including phenoxy) is 1. The number of carbonyl (C=O) groups excluding carboxylic acids is 1. The average molecular weight is 183 g/mol. The van der Waals surface area contributed by atoms with Crippen molar-refractivity contribution in [2.75, 3.05) is 19.7 Å². The van der Waals surface area contributed by atoms with E-state index >= 15 is 0 Å². The maximum atomic E-state index is 11.1. The molecule has 0 heterocycles. The normalized spacial score (nSPS) is 15.5. The molecule has 1 fully saturated rings. The summed E-state index contributed by atoms with van der Waals surface area (Å²) in [6.45, 7) is 7.41. The van der Waals surface area contributed by atoms with Gasteiger partial charge >= 0.3 is 5.97 Å². The standard InChI is InChI=1S/C10H17NO2/c1-3-13-10(12)8(2)6-11-7-9-4-5-9/h9,11H,2-7H2,1H3. The van der Waals surface area contributed by atoms with E-state index in [1.165, 1.54) is 12.8 Å². The van der Waals surface area contributed by atoms with Gasteiger partial charge in [0.1, 0.15) is 0 Å². The van der Waals surface area contributed by atoms with E-state index in [1.807, 2.05) is 0 Å². The van der Waals surface area contributed by atoms with E-state index in [-0.39, 0.29) is 5.97 Å². The Labute approximate surface area is 79.2 Å². The van der Waals surface area contributed by atoms with Gasteiger partial charge in [0.15, 0.2) is 0 Å². The summed E-state index contributed by atoms with van der Waals surface area (Å²) in [6.07, 6.45) is 2.64. The van der Waals surface area contributed by atoms with Crippen molar-refractivity contribution in [3.8, 4) is 0 Å². The fraction of sp³-hybridized carbons (Fsp3) is 0.700. The van der Waals surface area contributed by atoms with Crippen LogP contribution < -0.4 is 5.32 Å². The molecular formula is C10H17NO2. The van der Waals surface area contributed by atoms with Crippen LogP contribution in [0.1, 0.15) is 19.8 Å². The van der Waals surface area contributed by atoms with Crippen molar-refractivity contribution in [2.24, 2.45) is 5.92 Å². The predicted molar refractivity (Wildman–Crippen MR) is 51.4 cm³/mol. The molecule has 13 heavy (non-hydrogen) atoms. The number of rotatable bonds is 6. The van der Waals surface area contributed by atoms with Crippen LogP contribution in [-0.4, -0.2) is 25.7 Å². The molecule has 74 valence electrons. The van der Waals surface area contributed by atoms with Gasteiger partial charge in [0.05, 0.1) is 6.61 Å². The molecule has 1 saturated carbocycles. The van der Waals surface area contributed by atoms with Crippen LogP contribution in [0, 0.1) is 5.92 Å². The van der Waals surface area contributed by atoms with Gasteiger partial charge in [-0.15, -0.1) is 0 Å². The Balaban J connectivity index is 2.04. The van der Waals surface area contributed by atoms with Crippen LogP contribution in [0.15, 0.2) is 12.2 Å². The van der Waals surface area contributed by atoms with Crippen LogP contribution >= 0.6 is 0 Å². The molecule has 1 aliphatic carbocycles. The number of hydrogen-bond acceptors (Lipinski definition) is 3. The molecule has 3 nitrogen and oxygen atoms in total. The highest BCUT2D eigenvalue weighted by atomic mass is 16.5. The van der Waals surface area contributed by atoms with Crippen LogP contribution in [0.2, 0.25) is 0 Å².